The van der Waals surface area contributed by atoms with Crippen LogP contribution in [0.1, 0.15) is 22.8 Å². The summed E-state index contributed by atoms with van der Waals surface area (Å²) in [6, 6.07) is 23.0. The summed E-state index contributed by atoms with van der Waals surface area (Å²) in [5.41, 5.74) is 4.08. The van der Waals surface area contributed by atoms with Gasteiger partial charge in [0.15, 0.2) is 6.61 Å². The van der Waals surface area contributed by atoms with Crippen molar-refractivity contribution in [3.8, 4) is 17.0 Å². The zero-order valence-electron chi connectivity index (χ0n) is 17.5. The number of anilines is 1. The molecule has 0 aliphatic carbocycles. The Morgan fingerprint density at radius 1 is 0.969 bits per heavy atom. The Labute approximate surface area is 185 Å². The molecule has 0 aliphatic rings. The molecule has 0 aliphatic heterocycles. The lowest BCUT2D eigenvalue weighted by Crippen LogP contribution is -2.21. The highest BCUT2D eigenvalue weighted by Crippen LogP contribution is 2.26. The van der Waals surface area contributed by atoms with E-state index in [2.05, 4.69) is 17.2 Å². The quantitative estimate of drug-likeness (QED) is 0.425. The van der Waals surface area contributed by atoms with Gasteiger partial charge in [-0.25, -0.2) is 9.78 Å². The van der Waals surface area contributed by atoms with Crippen molar-refractivity contribution in [2.75, 3.05) is 11.9 Å². The standard InChI is InChI=1S/C26H22N2O4/c1-2-17-7-11-19(12-8-17)27-25(30)16-32-26(31)22-15-24(18-9-13-20(29)14-10-18)28-23-6-4-3-5-21(22)23/h3-15,29H,2,16H2,1H3,(H,27,30). The summed E-state index contributed by atoms with van der Waals surface area (Å²) in [4.78, 5) is 29.7. The van der Waals surface area contributed by atoms with Gasteiger partial charge in [0, 0.05) is 16.6 Å². The molecule has 4 aromatic rings. The molecule has 0 unspecified atom stereocenters. The Hall–Kier alpha value is -4.19. The summed E-state index contributed by atoms with van der Waals surface area (Å²) in [6.45, 7) is 1.66. The van der Waals surface area contributed by atoms with Gasteiger partial charge in [-0.2, -0.15) is 0 Å². The van der Waals surface area contributed by atoms with Gasteiger partial charge in [0.2, 0.25) is 0 Å². The summed E-state index contributed by atoms with van der Waals surface area (Å²) >= 11 is 0. The molecule has 1 heterocycles. The Morgan fingerprint density at radius 3 is 2.41 bits per heavy atom. The first kappa shape index (κ1) is 21.1. The van der Waals surface area contributed by atoms with E-state index in [0.29, 0.717) is 27.8 Å². The number of para-hydroxylation sites is 1. The van der Waals surface area contributed by atoms with Crippen molar-refractivity contribution in [2.45, 2.75) is 13.3 Å². The zero-order chi connectivity index (χ0) is 22.5. The molecule has 0 saturated heterocycles. The summed E-state index contributed by atoms with van der Waals surface area (Å²) in [5, 5.41) is 12.9. The Balaban J connectivity index is 1.53. The van der Waals surface area contributed by atoms with E-state index in [-0.39, 0.29) is 5.75 Å². The van der Waals surface area contributed by atoms with E-state index >= 15 is 0 Å². The van der Waals surface area contributed by atoms with Gasteiger partial charge in [-0.15, -0.1) is 0 Å². The fourth-order valence-electron chi connectivity index (χ4n) is 3.35. The largest absolute Gasteiger partial charge is 0.508 e. The first-order valence-corrected chi connectivity index (χ1v) is 10.3. The van der Waals surface area contributed by atoms with Crippen LogP contribution in [0.15, 0.2) is 78.9 Å². The Bertz CT molecular complexity index is 1270. The van der Waals surface area contributed by atoms with E-state index in [1.165, 1.54) is 5.56 Å². The SMILES string of the molecule is CCc1ccc(NC(=O)COC(=O)c2cc(-c3ccc(O)cc3)nc3ccccc23)cc1. The number of carbonyl (C=O) groups excluding carboxylic acids is 2. The van der Waals surface area contributed by atoms with Crippen LogP contribution in [-0.4, -0.2) is 28.6 Å². The minimum absolute atomic E-state index is 0.143. The second kappa shape index (κ2) is 9.31. The lowest BCUT2D eigenvalue weighted by Gasteiger charge is -2.11. The third-order valence-corrected chi connectivity index (χ3v) is 5.08. The second-order valence-electron chi connectivity index (χ2n) is 7.29. The van der Waals surface area contributed by atoms with Crippen LogP contribution in [0.25, 0.3) is 22.2 Å². The Morgan fingerprint density at radius 2 is 1.69 bits per heavy atom. The highest BCUT2D eigenvalue weighted by Gasteiger charge is 2.16. The molecule has 2 N–H and O–H groups in total. The molecule has 0 saturated carbocycles. The monoisotopic (exact) mass is 426 g/mol. The van der Waals surface area contributed by atoms with E-state index in [1.807, 2.05) is 42.5 Å². The van der Waals surface area contributed by atoms with Gasteiger partial charge < -0.3 is 15.2 Å². The maximum atomic E-state index is 12.9. The van der Waals surface area contributed by atoms with Gasteiger partial charge >= 0.3 is 5.97 Å². The fourth-order valence-corrected chi connectivity index (χ4v) is 3.35. The summed E-state index contributed by atoms with van der Waals surface area (Å²) in [5.74, 6) is -0.885. The van der Waals surface area contributed by atoms with E-state index in [9.17, 15) is 14.7 Å². The van der Waals surface area contributed by atoms with Crippen LogP contribution in [0.4, 0.5) is 5.69 Å². The van der Waals surface area contributed by atoms with Crippen LogP contribution in [0.3, 0.4) is 0 Å². The van der Waals surface area contributed by atoms with Crippen LogP contribution in [0.2, 0.25) is 0 Å². The topological polar surface area (TPSA) is 88.5 Å². The van der Waals surface area contributed by atoms with Gasteiger partial charge in [-0.05, 0) is 60.5 Å². The van der Waals surface area contributed by atoms with Gasteiger partial charge in [0.05, 0.1) is 16.8 Å². The minimum Gasteiger partial charge on any atom is -0.508 e. The van der Waals surface area contributed by atoms with Crippen LogP contribution in [0, 0.1) is 0 Å². The number of rotatable bonds is 6. The number of fused-ring (bicyclic) bond motifs is 1. The van der Waals surface area contributed by atoms with Crippen molar-refractivity contribution in [1.82, 2.24) is 4.98 Å². The number of benzene rings is 3. The molecule has 1 aromatic heterocycles. The van der Waals surface area contributed by atoms with Gasteiger partial charge in [-0.1, -0.05) is 37.3 Å². The number of aromatic nitrogens is 1. The molecule has 0 radical (unpaired) electrons. The molecule has 32 heavy (non-hydrogen) atoms. The summed E-state index contributed by atoms with van der Waals surface area (Å²) < 4.78 is 5.31. The molecule has 1 amide bonds. The number of phenolic OH excluding ortho intramolecular Hbond substituents is 1. The third kappa shape index (κ3) is 4.75. The number of nitrogens with zero attached hydrogens (tertiary/aromatic N) is 1. The summed E-state index contributed by atoms with van der Waals surface area (Å²) in [6.07, 6.45) is 0.915. The number of hydrogen-bond acceptors (Lipinski definition) is 5. The minimum atomic E-state index is -0.611. The molecular weight excluding hydrogens is 404 g/mol. The number of phenols is 1. The molecule has 0 fully saturated rings. The molecule has 6 nitrogen and oxygen atoms in total. The highest BCUT2D eigenvalue weighted by atomic mass is 16.5. The number of carbonyl (C=O) groups is 2. The average molecular weight is 426 g/mol. The molecule has 4 rings (SSSR count). The van der Waals surface area contributed by atoms with E-state index in [0.717, 1.165) is 12.0 Å². The molecule has 0 spiro atoms. The molecule has 0 bridgehead atoms. The predicted molar refractivity (Wildman–Crippen MR) is 124 cm³/mol. The van der Waals surface area contributed by atoms with Gasteiger partial charge in [0.25, 0.3) is 5.91 Å². The number of pyridine rings is 1. The van der Waals surface area contributed by atoms with Crippen molar-refractivity contribution in [1.29, 1.82) is 0 Å². The predicted octanol–water partition coefficient (Wildman–Crippen LogP) is 4.97. The smallest absolute Gasteiger partial charge is 0.339 e. The van der Waals surface area contributed by atoms with Crippen molar-refractivity contribution in [2.24, 2.45) is 0 Å². The maximum Gasteiger partial charge on any atom is 0.339 e. The van der Waals surface area contributed by atoms with Crippen molar-refractivity contribution in [3.63, 3.8) is 0 Å². The third-order valence-electron chi connectivity index (χ3n) is 5.08. The number of esters is 1. The lowest BCUT2D eigenvalue weighted by molar-refractivity contribution is -0.119. The molecule has 6 heteroatoms. The first-order chi connectivity index (χ1) is 15.5. The van der Waals surface area contributed by atoms with Gasteiger partial charge in [0.1, 0.15) is 5.75 Å². The fraction of sp³-hybridized carbons (Fsp3) is 0.115. The molecule has 160 valence electrons. The number of nitrogens with one attached hydrogen (secondary N) is 1. The van der Waals surface area contributed by atoms with Crippen molar-refractivity contribution >= 4 is 28.5 Å². The number of aromatic hydroxyl groups is 1. The first-order valence-electron chi connectivity index (χ1n) is 10.3. The number of aryl methyl sites for hydroxylation is 1. The van der Waals surface area contributed by atoms with Crippen LogP contribution in [0.5, 0.6) is 5.75 Å². The number of ether oxygens (including phenoxy) is 1. The van der Waals surface area contributed by atoms with Crippen LogP contribution < -0.4 is 5.32 Å². The van der Waals surface area contributed by atoms with E-state index < -0.39 is 18.5 Å². The van der Waals surface area contributed by atoms with E-state index in [1.54, 1.807) is 36.4 Å². The summed E-state index contributed by atoms with van der Waals surface area (Å²) in [7, 11) is 0. The average Bonchev–Trinajstić information content (AvgIpc) is 2.83. The van der Waals surface area contributed by atoms with Crippen LogP contribution in [-0.2, 0) is 16.0 Å². The number of amides is 1. The van der Waals surface area contributed by atoms with Crippen molar-refractivity contribution in [3.05, 3.63) is 90.0 Å². The van der Waals surface area contributed by atoms with Gasteiger partial charge in [-0.3, -0.25) is 4.79 Å². The van der Waals surface area contributed by atoms with Crippen molar-refractivity contribution < 1.29 is 19.4 Å². The lowest BCUT2D eigenvalue weighted by atomic mass is 10.0. The molecular formula is C26H22N2O4. The second-order valence-corrected chi connectivity index (χ2v) is 7.29. The molecule has 0 atom stereocenters. The normalized spacial score (nSPS) is 10.7. The zero-order valence-corrected chi connectivity index (χ0v) is 17.5. The Kier molecular flexibility index (Phi) is 6.12. The van der Waals surface area contributed by atoms with E-state index in [4.69, 9.17) is 4.74 Å². The highest BCUT2D eigenvalue weighted by molar-refractivity contribution is 6.05. The maximum absolute atomic E-state index is 12.9. The number of hydrogen-bond donors (Lipinski definition) is 2. The molecule has 3 aromatic carbocycles. The van der Waals surface area contributed by atoms with Crippen LogP contribution >= 0.6 is 0 Å².